The Bertz CT molecular complexity index is 1130. The van der Waals surface area contributed by atoms with E-state index in [0.717, 1.165) is 54.6 Å². The van der Waals surface area contributed by atoms with Crippen LogP contribution < -0.4 is 5.56 Å². The van der Waals surface area contributed by atoms with Crippen molar-refractivity contribution in [3.8, 4) is 0 Å². The number of rotatable bonds is 7. The summed E-state index contributed by atoms with van der Waals surface area (Å²) in [5.74, 6) is 0.553. The molecule has 2 heterocycles. The molecule has 158 valence electrons. The van der Waals surface area contributed by atoms with Crippen molar-refractivity contribution >= 4 is 38.9 Å². The van der Waals surface area contributed by atoms with Crippen molar-refractivity contribution in [1.29, 1.82) is 0 Å². The van der Waals surface area contributed by atoms with Crippen molar-refractivity contribution in [1.82, 2.24) is 14.5 Å². The van der Waals surface area contributed by atoms with Gasteiger partial charge in [-0.15, -0.1) is 11.3 Å². The highest BCUT2D eigenvalue weighted by atomic mass is 35.5. The van der Waals surface area contributed by atoms with Gasteiger partial charge in [-0.1, -0.05) is 25.4 Å². The molecule has 3 aromatic rings. The molecule has 2 aromatic heterocycles. The first-order chi connectivity index (χ1) is 14.5. The second-order valence-corrected chi connectivity index (χ2v) is 9.22. The van der Waals surface area contributed by atoms with Crippen molar-refractivity contribution < 1.29 is 4.79 Å². The predicted molar refractivity (Wildman–Crippen MR) is 123 cm³/mol. The SMILES string of the molecule is CCN(CC)Cc1nc2sc3c(c2c(=O)n1CC(=O)c1ccc(Cl)cc1)CCCC3. The molecule has 0 aliphatic heterocycles. The molecular weight excluding hydrogens is 418 g/mol. The van der Waals surface area contributed by atoms with Crippen LogP contribution in [0.3, 0.4) is 0 Å². The summed E-state index contributed by atoms with van der Waals surface area (Å²) in [5.41, 5.74) is 1.62. The van der Waals surface area contributed by atoms with E-state index in [1.165, 1.54) is 4.88 Å². The van der Waals surface area contributed by atoms with E-state index in [1.54, 1.807) is 40.2 Å². The van der Waals surface area contributed by atoms with Gasteiger partial charge in [-0.25, -0.2) is 4.98 Å². The molecule has 1 aromatic carbocycles. The topological polar surface area (TPSA) is 55.2 Å². The molecule has 1 aliphatic carbocycles. The smallest absolute Gasteiger partial charge is 0.263 e. The number of aryl methyl sites for hydroxylation is 2. The Balaban J connectivity index is 1.81. The van der Waals surface area contributed by atoms with Gasteiger partial charge in [-0.3, -0.25) is 19.1 Å². The van der Waals surface area contributed by atoms with Gasteiger partial charge < -0.3 is 0 Å². The van der Waals surface area contributed by atoms with Gasteiger partial charge in [0.05, 0.1) is 18.5 Å². The molecule has 4 rings (SSSR count). The molecule has 5 nitrogen and oxygen atoms in total. The van der Waals surface area contributed by atoms with Crippen LogP contribution in [0.5, 0.6) is 0 Å². The van der Waals surface area contributed by atoms with Crippen LogP contribution in [0.2, 0.25) is 5.02 Å². The number of carbonyl (C=O) groups excluding carboxylic acids is 1. The maximum absolute atomic E-state index is 13.6. The van der Waals surface area contributed by atoms with E-state index < -0.39 is 0 Å². The number of hydrogen-bond donors (Lipinski definition) is 0. The average molecular weight is 444 g/mol. The molecule has 30 heavy (non-hydrogen) atoms. The van der Waals surface area contributed by atoms with E-state index in [0.29, 0.717) is 23.0 Å². The summed E-state index contributed by atoms with van der Waals surface area (Å²) in [7, 11) is 0. The van der Waals surface area contributed by atoms with Gasteiger partial charge in [0.2, 0.25) is 0 Å². The van der Waals surface area contributed by atoms with Crippen molar-refractivity contribution in [2.75, 3.05) is 13.1 Å². The summed E-state index contributed by atoms with van der Waals surface area (Å²) in [6.07, 6.45) is 4.20. The first-order valence-corrected chi connectivity index (χ1v) is 11.8. The number of carbonyl (C=O) groups is 1. The lowest BCUT2D eigenvalue weighted by Gasteiger charge is -2.20. The van der Waals surface area contributed by atoms with E-state index >= 15 is 0 Å². The molecular formula is C23H26ClN3O2S. The lowest BCUT2D eigenvalue weighted by atomic mass is 9.97. The Kier molecular flexibility index (Phi) is 6.37. The van der Waals surface area contributed by atoms with Crippen LogP contribution in [0.15, 0.2) is 29.1 Å². The van der Waals surface area contributed by atoms with Gasteiger partial charge in [0.25, 0.3) is 5.56 Å². The van der Waals surface area contributed by atoms with E-state index in [4.69, 9.17) is 16.6 Å². The lowest BCUT2D eigenvalue weighted by Crippen LogP contribution is -2.33. The van der Waals surface area contributed by atoms with Gasteiger partial charge in [0.1, 0.15) is 10.7 Å². The molecule has 7 heteroatoms. The fraction of sp³-hybridized carbons (Fsp3) is 0.435. The van der Waals surface area contributed by atoms with E-state index in [1.807, 2.05) is 0 Å². The van der Waals surface area contributed by atoms with Crippen LogP contribution in [-0.4, -0.2) is 33.3 Å². The lowest BCUT2D eigenvalue weighted by molar-refractivity contribution is 0.0968. The number of nitrogens with zero attached hydrogens (tertiary/aromatic N) is 3. The second-order valence-electron chi connectivity index (χ2n) is 7.70. The van der Waals surface area contributed by atoms with E-state index in [9.17, 15) is 9.59 Å². The number of benzene rings is 1. The Labute approximate surface area is 185 Å². The molecule has 0 atom stereocenters. The molecule has 0 fully saturated rings. The largest absolute Gasteiger partial charge is 0.297 e. The maximum Gasteiger partial charge on any atom is 0.263 e. The monoisotopic (exact) mass is 443 g/mol. The number of hydrogen-bond acceptors (Lipinski definition) is 5. The number of Topliss-reactive ketones (excluding diaryl/α,β-unsaturated/α-hetero) is 1. The van der Waals surface area contributed by atoms with Crippen LogP contribution in [0.4, 0.5) is 0 Å². The van der Waals surface area contributed by atoms with Crippen LogP contribution in [0.25, 0.3) is 10.2 Å². The van der Waals surface area contributed by atoms with Gasteiger partial charge in [0.15, 0.2) is 5.78 Å². The summed E-state index contributed by atoms with van der Waals surface area (Å²) in [4.78, 5) is 35.8. The molecule has 0 radical (unpaired) electrons. The Morgan fingerprint density at radius 1 is 1.17 bits per heavy atom. The summed E-state index contributed by atoms with van der Waals surface area (Å²) in [6, 6.07) is 6.81. The Morgan fingerprint density at radius 3 is 2.57 bits per heavy atom. The van der Waals surface area contributed by atoms with Gasteiger partial charge in [-0.2, -0.15) is 0 Å². The normalized spacial score (nSPS) is 13.7. The maximum atomic E-state index is 13.6. The van der Waals surface area contributed by atoms with Crippen LogP contribution >= 0.6 is 22.9 Å². The summed E-state index contributed by atoms with van der Waals surface area (Å²) in [6.45, 7) is 6.44. The number of fused-ring (bicyclic) bond motifs is 3. The quantitative estimate of drug-likeness (QED) is 0.496. The number of aromatic nitrogens is 2. The third-order valence-electron chi connectivity index (χ3n) is 5.88. The van der Waals surface area contributed by atoms with Gasteiger partial charge in [-0.05, 0) is 68.6 Å². The third kappa shape index (κ3) is 4.09. The van der Waals surface area contributed by atoms with E-state index in [-0.39, 0.29) is 17.9 Å². The molecule has 0 saturated heterocycles. The van der Waals surface area contributed by atoms with E-state index in [2.05, 4.69) is 18.7 Å². The van der Waals surface area contributed by atoms with Crippen LogP contribution in [0.1, 0.15) is 53.3 Å². The standard InChI is InChI=1S/C23H26ClN3O2S/c1-3-26(4-2)14-20-25-22-21(17-7-5-6-8-19(17)30-22)23(29)27(20)13-18(28)15-9-11-16(24)12-10-15/h9-12H,3-8,13-14H2,1-2H3. The van der Waals surface area contributed by atoms with Crippen molar-refractivity contribution in [3.05, 3.63) is 61.5 Å². The molecule has 0 unspecified atom stereocenters. The van der Waals surface area contributed by atoms with Crippen molar-refractivity contribution in [2.45, 2.75) is 52.6 Å². The first kappa shape index (κ1) is 21.2. The number of halogens is 1. The average Bonchev–Trinajstić information content (AvgIpc) is 3.13. The zero-order valence-corrected chi connectivity index (χ0v) is 19.0. The highest BCUT2D eigenvalue weighted by Gasteiger charge is 2.23. The number of thiophene rings is 1. The molecule has 0 N–H and O–H groups in total. The second kappa shape index (κ2) is 9.00. The Morgan fingerprint density at radius 2 is 1.87 bits per heavy atom. The molecule has 0 spiro atoms. The minimum absolute atomic E-state index is 0.00930. The molecule has 1 aliphatic rings. The minimum atomic E-state index is -0.111. The first-order valence-electron chi connectivity index (χ1n) is 10.6. The third-order valence-corrected chi connectivity index (χ3v) is 7.32. The predicted octanol–water partition coefficient (Wildman–Crippen LogP) is 4.71. The summed E-state index contributed by atoms with van der Waals surface area (Å²) >= 11 is 7.61. The zero-order chi connectivity index (χ0) is 21.3. The molecule has 0 amide bonds. The number of ketones is 1. The fourth-order valence-electron chi connectivity index (χ4n) is 4.08. The zero-order valence-electron chi connectivity index (χ0n) is 17.4. The van der Waals surface area contributed by atoms with Crippen molar-refractivity contribution in [2.24, 2.45) is 0 Å². The summed E-state index contributed by atoms with van der Waals surface area (Å²) in [5, 5.41) is 1.31. The molecule has 0 saturated carbocycles. The Hall–Kier alpha value is -2.02. The highest BCUT2D eigenvalue weighted by molar-refractivity contribution is 7.18. The van der Waals surface area contributed by atoms with Gasteiger partial charge in [0, 0.05) is 15.5 Å². The molecule has 0 bridgehead atoms. The van der Waals surface area contributed by atoms with Crippen LogP contribution in [-0.2, 0) is 25.9 Å². The minimum Gasteiger partial charge on any atom is -0.297 e. The van der Waals surface area contributed by atoms with Crippen molar-refractivity contribution in [3.63, 3.8) is 0 Å². The highest BCUT2D eigenvalue weighted by Crippen LogP contribution is 2.34. The summed E-state index contributed by atoms with van der Waals surface area (Å²) < 4.78 is 1.60. The van der Waals surface area contributed by atoms with Crippen LogP contribution in [0, 0.1) is 0 Å². The fourth-order valence-corrected chi connectivity index (χ4v) is 5.48. The van der Waals surface area contributed by atoms with Gasteiger partial charge >= 0.3 is 0 Å².